The molecule has 0 saturated carbocycles. The summed E-state index contributed by atoms with van der Waals surface area (Å²) in [6.45, 7) is 3.22. The standard InChI is InChI=1S/C13H14N6O2/c20-19(21)11-1-2-12(16-9-11)17-5-7-18(8-6-17)13-10-14-3-4-15-13/h1-4,9-10H,5-8H2. The summed E-state index contributed by atoms with van der Waals surface area (Å²) in [6, 6.07) is 3.17. The highest BCUT2D eigenvalue weighted by molar-refractivity contribution is 5.46. The lowest BCUT2D eigenvalue weighted by Crippen LogP contribution is -2.47. The second-order valence-corrected chi connectivity index (χ2v) is 4.67. The zero-order valence-electron chi connectivity index (χ0n) is 11.3. The molecule has 108 valence electrons. The molecule has 0 atom stereocenters. The molecule has 0 spiro atoms. The van der Waals surface area contributed by atoms with Crippen molar-refractivity contribution in [2.45, 2.75) is 0 Å². The van der Waals surface area contributed by atoms with Crippen LogP contribution in [0.4, 0.5) is 17.3 Å². The molecule has 0 radical (unpaired) electrons. The van der Waals surface area contributed by atoms with Crippen molar-refractivity contribution in [1.29, 1.82) is 0 Å². The molecular formula is C13H14N6O2. The van der Waals surface area contributed by atoms with Crippen molar-refractivity contribution in [3.8, 4) is 0 Å². The van der Waals surface area contributed by atoms with E-state index in [-0.39, 0.29) is 5.69 Å². The lowest BCUT2D eigenvalue weighted by molar-refractivity contribution is -0.385. The molecule has 1 fully saturated rings. The zero-order chi connectivity index (χ0) is 14.7. The molecule has 21 heavy (non-hydrogen) atoms. The number of anilines is 2. The predicted molar refractivity (Wildman–Crippen MR) is 77.3 cm³/mol. The quantitative estimate of drug-likeness (QED) is 0.616. The summed E-state index contributed by atoms with van der Waals surface area (Å²) in [7, 11) is 0. The highest BCUT2D eigenvalue weighted by Crippen LogP contribution is 2.19. The first kappa shape index (κ1) is 13.2. The first-order chi connectivity index (χ1) is 10.2. The number of piperazine rings is 1. The second-order valence-electron chi connectivity index (χ2n) is 4.67. The highest BCUT2D eigenvalue weighted by atomic mass is 16.6. The van der Waals surface area contributed by atoms with Gasteiger partial charge in [0.1, 0.15) is 17.8 Å². The largest absolute Gasteiger partial charge is 0.353 e. The van der Waals surface area contributed by atoms with Gasteiger partial charge in [-0.05, 0) is 6.07 Å². The van der Waals surface area contributed by atoms with Crippen molar-refractivity contribution in [2.75, 3.05) is 36.0 Å². The van der Waals surface area contributed by atoms with Crippen LogP contribution < -0.4 is 9.80 Å². The maximum Gasteiger partial charge on any atom is 0.287 e. The molecule has 0 unspecified atom stereocenters. The van der Waals surface area contributed by atoms with Crippen molar-refractivity contribution < 1.29 is 4.92 Å². The van der Waals surface area contributed by atoms with E-state index in [1.54, 1.807) is 24.7 Å². The third-order valence-corrected chi connectivity index (χ3v) is 3.42. The van der Waals surface area contributed by atoms with Gasteiger partial charge in [0.05, 0.1) is 11.1 Å². The van der Waals surface area contributed by atoms with Gasteiger partial charge in [-0.25, -0.2) is 9.97 Å². The van der Waals surface area contributed by atoms with Crippen LogP contribution in [0.25, 0.3) is 0 Å². The van der Waals surface area contributed by atoms with Gasteiger partial charge in [0.2, 0.25) is 0 Å². The Morgan fingerprint density at radius 3 is 2.19 bits per heavy atom. The zero-order valence-corrected chi connectivity index (χ0v) is 11.3. The van der Waals surface area contributed by atoms with Gasteiger partial charge in [-0.1, -0.05) is 0 Å². The first-order valence-corrected chi connectivity index (χ1v) is 6.60. The number of hydrogen-bond acceptors (Lipinski definition) is 7. The minimum Gasteiger partial charge on any atom is -0.353 e. The van der Waals surface area contributed by atoms with Crippen LogP contribution in [-0.2, 0) is 0 Å². The fourth-order valence-corrected chi connectivity index (χ4v) is 2.29. The maximum absolute atomic E-state index is 10.6. The van der Waals surface area contributed by atoms with Crippen LogP contribution in [0.3, 0.4) is 0 Å². The van der Waals surface area contributed by atoms with Crippen LogP contribution in [-0.4, -0.2) is 46.1 Å². The van der Waals surface area contributed by atoms with Crippen LogP contribution in [0, 0.1) is 10.1 Å². The van der Waals surface area contributed by atoms with Gasteiger partial charge in [-0.2, -0.15) is 0 Å². The van der Waals surface area contributed by atoms with Gasteiger partial charge in [-0.15, -0.1) is 0 Å². The molecule has 3 heterocycles. The molecule has 0 amide bonds. The van der Waals surface area contributed by atoms with E-state index in [1.807, 2.05) is 0 Å². The van der Waals surface area contributed by atoms with Gasteiger partial charge in [0.25, 0.3) is 5.69 Å². The molecular weight excluding hydrogens is 272 g/mol. The van der Waals surface area contributed by atoms with E-state index in [9.17, 15) is 10.1 Å². The number of hydrogen-bond donors (Lipinski definition) is 0. The highest BCUT2D eigenvalue weighted by Gasteiger charge is 2.19. The summed E-state index contributed by atoms with van der Waals surface area (Å²) >= 11 is 0. The molecule has 8 heteroatoms. The van der Waals surface area contributed by atoms with Crippen molar-refractivity contribution >= 4 is 17.3 Å². The molecule has 0 N–H and O–H groups in total. The van der Waals surface area contributed by atoms with E-state index < -0.39 is 4.92 Å². The number of nitro groups is 1. The summed E-state index contributed by atoms with van der Waals surface area (Å²) in [5.74, 6) is 1.63. The average molecular weight is 286 g/mol. The van der Waals surface area contributed by atoms with E-state index in [4.69, 9.17) is 0 Å². The van der Waals surface area contributed by atoms with Gasteiger partial charge in [0, 0.05) is 44.6 Å². The van der Waals surface area contributed by atoms with E-state index in [2.05, 4.69) is 24.8 Å². The van der Waals surface area contributed by atoms with Crippen LogP contribution >= 0.6 is 0 Å². The predicted octanol–water partition coefficient (Wildman–Crippen LogP) is 1.11. The van der Waals surface area contributed by atoms with Crippen molar-refractivity contribution in [2.24, 2.45) is 0 Å². The smallest absolute Gasteiger partial charge is 0.287 e. The first-order valence-electron chi connectivity index (χ1n) is 6.60. The fourth-order valence-electron chi connectivity index (χ4n) is 2.29. The summed E-state index contributed by atoms with van der Waals surface area (Å²) in [4.78, 5) is 27.0. The average Bonchev–Trinajstić information content (AvgIpc) is 2.56. The van der Waals surface area contributed by atoms with Gasteiger partial charge < -0.3 is 9.80 Å². The van der Waals surface area contributed by atoms with E-state index in [0.29, 0.717) is 0 Å². The normalized spacial score (nSPS) is 15.0. The van der Waals surface area contributed by atoms with Crippen molar-refractivity contribution in [1.82, 2.24) is 15.0 Å². The Kier molecular flexibility index (Phi) is 3.59. The molecule has 2 aromatic rings. The van der Waals surface area contributed by atoms with Crippen molar-refractivity contribution in [3.63, 3.8) is 0 Å². The summed E-state index contributed by atoms with van der Waals surface area (Å²) in [5, 5.41) is 10.6. The van der Waals surface area contributed by atoms with E-state index in [0.717, 1.165) is 37.8 Å². The molecule has 8 nitrogen and oxygen atoms in total. The Bertz CT molecular complexity index is 610. The van der Waals surface area contributed by atoms with E-state index >= 15 is 0 Å². The van der Waals surface area contributed by atoms with Gasteiger partial charge >= 0.3 is 0 Å². The molecule has 0 aliphatic carbocycles. The summed E-state index contributed by atoms with van der Waals surface area (Å²) in [6.07, 6.45) is 6.38. The lowest BCUT2D eigenvalue weighted by Gasteiger charge is -2.35. The number of rotatable bonds is 3. The minimum atomic E-state index is -0.442. The topological polar surface area (TPSA) is 88.3 Å². The van der Waals surface area contributed by atoms with Crippen molar-refractivity contribution in [3.05, 3.63) is 47.0 Å². The molecule has 0 bridgehead atoms. The molecule has 2 aromatic heterocycles. The van der Waals surface area contributed by atoms with Crippen LogP contribution in [0.15, 0.2) is 36.9 Å². The van der Waals surface area contributed by atoms with Crippen LogP contribution in [0.1, 0.15) is 0 Å². The van der Waals surface area contributed by atoms with E-state index in [1.165, 1.54) is 12.3 Å². The molecule has 1 aliphatic rings. The summed E-state index contributed by atoms with van der Waals surface area (Å²) < 4.78 is 0. The Morgan fingerprint density at radius 2 is 1.67 bits per heavy atom. The SMILES string of the molecule is O=[N+]([O-])c1ccc(N2CCN(c3cnccn3)CC2)nc1. The Hall–Kier alpha value is -2.77. The number of nitrogens with zero attached hydrogens (tertiary/aromatic N) is 6. The van der Waals surface area contributed by atoms with Crippen LogP contribution in [0.5, 0.6) is 0 Å². The third kappa shape index (κ3) is 2.88. The van der Waals surface area contributed by atoms with Gasteiger partial charge in [0.15, 0.2) is 0 Å². The Balaban J connectivity index is 1.64. The lowest BCUT2D eigenvalue weighted by atomic mass is 10.3. The fraction of sp³-hybridized carbons (Fsp3) is 0.308. The third-order valence-electron chi connectivity index (χ3n) is 3.42. The molecule has 1 saturated heterocycles. The molecule has 0 aromatic carbocycles. The minimum absolute atomic E-state index is 0.0111. The number of pyridine rings is 1. The second kappa shape index (κ2) is 5.70. The Labute approximate surface area is 121 Å². The Morgan fingerprint density at radius 1 is 0.952 bits per heavy atom. The number of aromatic nitrogens is 3. The van der Waals surface area contributed by atoms with Crippen LogP contribution in [0.2, 0.25) is 0 Å². The monoisotopic (exact) mass is 286 g/mol. The summed E-state index contributed by atoms with van der Waals surface area (Å²) in [5.41, 5.74) is 0.0111. The molecule has 3 rings (SSSR count). The van der Waals surface area contributed by atoms with Gasteiger partial charge in [-0.3, -0.25) is 15.1 Å². The maximum atomic E-state index is 10.6. The molecule has 1 aliphatic heterocycles.